The molecule has 3 fully saturated rings. The van der Waals surface area contributed by atoms with E-state index < -0.39 is 0 Å². The first-order valence-corrected chi connectivity index (χ1v) is 13.4. The van der Waals surface area contributed by atoms with Gasteiger partial charge in [-0.25, -0.2) is 14.4 Å². The number of amides is 1. The highest BCUT2D eigenvalue weighted by Gasteiger charge is 2.43. The van der Waals surface area contributed by atoms with Crippen molar-refractivity contribution in [1.29, 1.82) is 0 Å². The molecule has 188 valence electrons. The second-order valence-electron chi connectivity index (χ2n) is 10.2. The number of benzene rings is 1. The molecule has 8 heteroatoms. The number of likely N-dealkylation sites (tertiary alicyclic amines) is 1. The van der Waals surface area contributed by atoms with E-state index in [9.17, 15) is 9.18 Å². The van der Waals surface area contributed by atoms with Gasteiger partial charge in [0.15, 0.2) is 0 Å². The van der Waals surface area contributed by atoms with E-state index in [1.807, 2.05) is 4.90 Å². The maximum atomic E-state index is 14.6. The molecule has 1 saturated carbocycles. The van der Waals surface area contributed by atoms with Gasteiger partial charge in [-0.05, 0) is 74.3 Å². The van der Waals surface area contributed by atoms with Gasteiger partial charge in [0.2, 0.25) is 11.9 Å². The fraction of sp³-hybridized carbons (Fsp3) is 0.593. The molecule has 2 aliphatic heterocycles. The Labute approximate surface area is 211 Å². The number of carbonyl (C=O) groups excluding carboxylic acids is 1. The summed E-state index contributed by atoms with van der Waals surface area (Å²) in [7, 11) is 0. The van der Waals surface area contributed by atoms with Crippen molar-refractivity contribution in [1.82, 2.24) is 14.9 Å². The minimum atomic E-state index is -0.353. The van der Waals surface area contributed by atoms with Gasteiger partial charge in [0.1, 0.15) is 11.6 Å². The molecular formula is C27H34ClFN4O2. The highest BCUT2D eigenvalue weighted by molar-refractivity contribution is 6.30. The van der Waals surface area contributed by atoms with Gasteiger partial charge in [-0.15, -0.1) is 0 Å². The van der Waals surface area contributed by atoms with E-state index in [0.717, 1.165) is 76.1 Å². The van der Waals surface area contributed by atoms with Crippen LogP contribution in [0.4, 0.5) is 10.3 Å². The predicted octanol–water partition coefficient (Wildman–Crippen LogP) is 5.15. The maximum absolute atomic E-state index is 14.6. The van der Waals surface area contributed by atoms with Crippen molar-refractivity contribution >= 4 is 23.5 Å². The predicted molar refractivity (Wildman–Crippen MR) is 134 cm³/mol. The Kier molecular flexibility index (Phi) is 7.71. The zero-order chi connectivity index (χ0) is 24.2. The lowest BCUT2D eigenvalue weighted by Crippen LogP contribution is -2.36. The minimum absolute atomic E-state index is 0.0172. The molecule has 35 heavy (non-hydrogen) atoms. The van der Waals surface area contributed by atoms with E-state index in [4.69, 9.17) is 16.3 Å². The molecule has 1 amide bonds. The van der Waals surface area contributed by atoms with Gasteiger partial charge >= 0.3 is 0 Å². The normalized spacial score (nSPS) is 22.8. The van der Waals surface area contributed by atoms with Crippen LogP contribution in [0.5, 0.6) is 5.75 Å². The highest BCUT2D eigenvalue weighted by Crippen LogP contribution is 2.49. The lowest BCUT2D eigenvalue weighted by atomic mass is 9.90. The summed E-state index contributed by atoms with van der Waals surface area (Å²) in [5.41, 5.74) is 0.450. The van der Waals surface area contributed by atoms with Crippen molar-refractivity contribution in [2.24, 2.45) is 17.8 Å². The third-order valence-corrected chi connectivity index (χ3v) is 8.04. The van der Waals surface area contributed by atoms with Crippen LogP contribution in [0, 0.1) is 23.6 Å². The Bertz CT molecular complexity index is 1010. The average molecular weight is 501 g/mol. The van der Waals surface area contributed by atoms with Crippen molar-refractivity contribution in [3.63, 3.8) is 0 Å². The number of ether oxygens (including phenoxy) is 1. The van der Waals surface area contributed by atoms with Crippen LogP contribution in [0.15, 0.2) is 30.6 Å². The number of hydrogen-bond acceptors (Lipinski definition) is 5. The van der Waals surface area contributed by atoms with E-state index in [2.05, 4.69) is 14.9 Å². The summed E-state index contributed by atoms with van der Waals surface area (Å²) in [5.74, 6) is 3.19. The fourth-order valence-electron chi connectivity index (χ4n) is 5.68. The average Bonchev–Trinajstić information content (AvgIpc) is 3.66. The molecule has 5 rings (SSSR count). The summed E-state index contributed by atoms with van der Waals surface area (Å²) in [5, 5.41) is 0.563. The van der Waals surface area contributed by atoms with Crippen LogP contribution < -0.4 is 9.64 Å². The summed E-state index contributed by atoms with van der Waals surface area (Å²) in [4.78, 5) is 25.2. The van der Waals surface area contributed by atoms with E-state index in [0.29, 0.717) is 28.9 Å². The SMILES string of the molecule is O=C(Cc1ccc(OCC[C@@H]2CC2C2CCN(c3ncc(Cl)cn3)CC2)cc1F)N1CCCCC1. The first-order valence-electron chi connectivity index (χ1n) is 13.0. The van der Waals surface area contributed by atoms with Crippen LogP contribution >= 0.6 is 11.6 Å². The van der Waals surface area contributed by atoms with Crippen LogP contribution in [-0.2, 0) is 11.2 Å². The highest BCUT2D eigenvalue weighted by atomic mass is 35.5. The molecule has 2 atom stereocenters. The topological polar surface area (TPSA) is 58.6 Å². The Morgan fingerprint density at radius 2 is 1.83 bits per heavy atom. The molecule has 3 aliphatic rings. The van der Waals surface area contributed by atoms with E-state index >= 15 is 0 Å². The standard InChI is InChI=1S/C27H34ClFN4O2/c28-22-17-30-27(31-18-22)33-11-6-19(7-12-33)24-14-20(24)8-13-35-23-5-4-21(25(29)16-23)15-26(34)32-9-2-1-3-10-32/h4-5,16-20,24H,1-3,6-15H2/t20-,24?/m1/s1. The fourth-order valence-corrected chi connectivity index (χ4v) is 5.78. The number of anilines is 1. The smallest absolute Gasteiger partial charge is 0.227 e. The first kappa shape index (κ1) is 24.3. The Morgan fingerprint density at radius 1 is 1.09 bits per heavy atom. The third-order valence-electron chi connectivity index (χ3n) is 7.84. The summed E-state index contributed by atoms with van der Waals surface area (Å²) >= 11 is 5.89. The van der Waals surface area contributed by atoms with E-state index in [-0.39, 0.29) is 18.1 Å². The molecule has 0 radical (unpaired) electrons. The molecule has 6 nitrogen and oxygen atoms in total. The molecule has 1 aliphatic carbocycles. The molecule has 1 aromatic carbocycles. The quantitative estimate of drug-likeness (QED) is 0.502. The molecule has 1 aromatic heterocycles. The Morgan fingerprint density at radius 3 is 2.54 bits per heavy atom. The second-order valence-corrected chi connectivity index (χ2v) is 10.6. The third kappa shape index (κ3) is 6.24. The molecule has 2 aromatic rings. The second kappa shape index (κ2) is 11.1. The number of carbonyl (C=O) groups is 1. The van der Waals surface area contributed by atoms with Crippen molar-refractivity contribution in [2.45, 2.75) is 51.4 Å². The molecule has 0 N–H and O–H groups in total. The largest absolute Gasteiger partial charge is 0.493 e. The van der Waals surface area contributed by atoms with Gasteiger partial charge in [0, 0.05) is 32.2 Å². The summed E-state index contributed by atoms with van der Waals surface area (Å²) in [6, 6.07) is 4.92. The summed E-state index contributed by atoms with van der Waals surface area (Å²) in [6.07, 6.45) is 11.3. The molecule has 3 heterocycles. The Hall–Kier alpha value is -2.41. The lowest BCUT2D eigenvalue weighted by molar-refractivity contribution is -0.131. The van der Waals surface area contributed by atoms with Crippen LogP contribution in [0.3, 0.4) is 0 Å². The number of rotatable bonds is 8. The zero-order valence-corrected chi connectivity index (χ0v) is 20.9. The number of nitrogens with zero attached hydrogens (tertiary/aromatic N) is 4. The first-order chi connectivity index (χ1) is 17.1. The summed E-state index contributed by atoms with van der Waals surface area (Å²) in [6.45, 7) is 4.15. The molecule has 0 bridgehead atoms. The minimum Gasteiger partial charge on any atom is -0.493 e. The molecule has 1 unspecified atom stereocenters. The number of aromatic nitrogens is 2. The monoisotopic (exact) mass is 500 g/mol. The van der Waals surface area contributed by atoms with Crippen LogP contribution in [-0.4, -0.2) is 53.6 Å². The molecular weight excluding hydrogens is 467 g/mol. The summed E-state index contributed by atoms with van der Waals surface area (Å²) < 4.78 is 20.4. The lowest BCUT2D eigenvalue weighted by Gasteiger charge is -2.32. The van der Waals surface area contributed by atoms with Gasteiger partial charge in [-0.1, -0.05) is 17.7 Å². The van der Waals surface area contributed by atoms with Crippen molar-refractivity contribution < 1.29 is 13.9 Å². The van der Waals surface area contributed by atoms with E-state index in [1.54, 1.807) is 24.5 Å². The zero-order valence-electron chi connectivity index (χ0n) is 20.2. The van der Waals surface area contributed by atoms with Gasteiger partial charge in [0.05, 0.1) is 30.4 Å². The van der Waals surface area contributed by atoms with Gasteiger partial charge in [0.25, 0.3) is 0 Å². The van der Waals surface area contributed by atoms with Crippen molar-refractivity contribution in [2.75, 3.05) is 37.7 Å². The van der Waals surface area contributed by atoms with Gasteiger partial charge < -0.3 is 14.5 Å². The number of hydrogen-bond donors (Lipinski definition) is 0. The van der Waals surface area contributed by atoms with E-state index in [1.165, 1.54) is 18.9 Å². The van der Waals surface area contributed by atoms with Crippen LogP contribution in [0.2, 0.25) is 5.02 Å². The number of piperidine rings is 2. The molecule has 0 spiro atoms. The van der Waals surface area contributed by atoms with Crippen LogP contribution in [0.25, 0.3) is 0 Å². The molecule has 2 saturated heterocycles. The van der Waals surface area contributed by atoms with Crippen LogP contribution in [0.1, 0.15) is 50.5 Å². The maximum Gasteiger partial charge on any atom is 0.227 e. The van der Waals surface area contributed by atoms with Gasteiger partial charge in [-0.3, -0.25) is 4.79 Å². The number of halogens is 2. The van der Waals surface area contributed by atoms with Crippen molar-refractivity contribution in [3.8, 4) is 5.75 Å². The van der Waals surface area contributed by atoms with Gasteiger partial charge in [-0.2, -0.15) is 0 Å². The van der Waals surface area contributed by atoms with Crippen molar-refractivity contribution in [3.05, 3.63) is 47.0 Å². The Balaban J connectivity index is 1.02.